The quantitative estimate of drug-likeness (QED) is 0.340. The van der Waals surface area contributed by atoms with Crippen LogP contribution < -0.4 is 0 Å². The predicted molar refractivity (Wildman–Crippen MR) is 99.1 cm³/mol. The highest BCUT2D eigenvalue weighted by Gasteiger charge is 2.53. The van der Waals surface area contributed by atoms with E-state index in [2.05, 4.69) is 13.8 Å². The number of hydrogen-bond donors (Lipinski definition) is 0. The number of benzene rings is 1. The third-order valence-electron chi connectivity index (χ3n) is 4.60. The maximum Gasteiger partial charge on any atom is 0.325 e. The molecule has 0 N–H and O–H groups in total. The van der Waals surface area contributed by atoms with Crippen LogP contribution in [0.5, 0.6) is 0 Å². The summed E-state index contributed by atoms with van der Waals surface area (Å²) in [6, 6.07) is 11.3. The van der Waals surface area contributed by atoms with Gasteiger partial charge < -0.3 is 9.30 Å². The molecule has 2 heterocycles. The Bertz CT molecular complexity index is 796. The first kappa shape index (κ1) is 17.8. The smallest absolute Gasteiger partial charge is 0.325 e. The van der Waals surface area contributed by atoms with Crippen LogP contribution in [0.4, 0.5) is 0 Å². The minimum atomic E-state index is -1.24. The first-order chi connectivity index (χ1) is 12.0. The van der Waals surface area contributed by atoms with Crippen molar-refractivity contribution in [3.63, 3.8) is 0 Å². The molecule has 1 aromatic carbocycles. The fourth-order valence-corrected chi connectivity index (χ4v) is 4.26. The number of thioether (sulfide) groups is 1. The van der Waals surface area contributed by atoms with Gasteiger partial charge in [-0.15, -0.1) is 11.8 Å². The van der Waals surface area contributed by atoms with Gasteiger partial charge in [0.15, 0.2) is 11.2 Å². The second-order valence-electron chi connectivity index (χ2n) is 6.80. The number of esters is 1. The third kappa shape index (κ3) is 3.13. The van der Waals surface area contributed by atoms with Gasteiger partial charge in [0.25, 0.3) is 0 Å². The zero-order valence-corrected chi connectivity index (χ0v) is 15.6. The largest absolute Gasteiger partial charge is 0.468 e. The van der Waals surface area contributed by atoms with Crippen LogP contribution >= 0.6 is 11.8 Å². The lowest BCUT2D eigenvalue weighted by Gasteiger charge is -2.24. The summed E-state index contributed by atoms with van der Waals surface area (Å²) in [7, 11) is 1.35. The summed E-state index contributed by atoms with van der Waals surface area (Å²) in [5, 5.41) is 0. The summed E-state index contributed by atoms with van der Waals surface area (Å²) in [6.45, 7) is 4.98. The molecule has 0 aliphatic carbocycles. The molecule has 2 aromatic rings. The number of nitrogens with zero attached hydrogens (tertiary/aromatic N) is 1. The van der Waals surface area contributed by atoms with Gasteiger partial charge >= 0.3 is 5.97 Å². The Morgan fingerprint density at radius 1 is 1.28 bits per heavy atom. The molecule has 0 fully saturated rings. The van der Waals surface area contributed by atoms with Crippen LogP contribution in [-0.2, 0) is 21.5 Å². The zero-order valence-electron chi connectivity index (χ0n) is 14.8. The van der Waals surface area contributed by atoms with E-state index in [0.717, 1.165) is 16.3 Å². The molecule has 1 aromatic heterocycles. The minimum Gasteiger partial charge on any atom is -0.468 e. The molecule has 1 unspecified atom stereocenters. The van der Waals surface area contributed by atoms with E-state index in [9.17, 15) is 9.59 Å². The van der Waals surface area contributed by atoms with Crippen molar-refractivity contribution in [1.82, 2.24) is 4.57 Å². The number of Topliss-reactive ketones (excluding diaryl/α,β-unsaturated/α-hetero) is 1. The number of aryl methyl sites for hydroxylation is 1. The van der Waals surface area contributed by atoms with E-state index in [4.69, 9.17) is 4.74 Å². The van der Waals surface area contributed by atoms with E-state index >= 15 is 0 Å². The van der Waals surface area contributed by atoms with Crippen molar-refractivity contribution in [3.8, 4) is 0 Å². The maximum absolute atomic E-state index is 13.4. The van der Waals surface area contributed by atoms with Gasteiger partial charge in [0.05, 0.1) is 7.11 Å². The molecule has 1 atom stereocenters. The number of hydrogen-bond acceptors (Lipinski definition) is 4. The molecule has 4 nitrogen and oxygen atoms in total. The van der Waals surface area contributed by atoms with Crippen LogP contribution in [0, 0.1) is 5.92 Å². The molecule has 0 spiro atoms. The first-order valence-corrected chi connectivity index (χ1v) is 9.49. The number of aromatic nitrogens is 1. The van der Waals surface area contributed by atoms with Crippen molar-refractivity contribution < 1.29 is 14.3 Å². The van der Waals surface area contributed by atoms with Crippen molar-refractivity contribution in [1.29, 1.82) is 0 Å². The van der Waals surface area contributed by atoms with Crippen LogP contribution in [0.3, 0.4) is 0 Å². The van der Waals surface area contributed by atoms with Crippen LogP contribution in [0.25, 0.3) is 0 Å². The Labute approximate surface area is 152 Å². The van der Waals surface area contributed by atoms with Gasteiger partial charge in [-0.05, 0) is 36.6 Å². The number of ether oxygens (including phenoxy) is 1. The second-order valence-corrected chi connectivity index (χ2v) is 7.89. The molecule has 0 amide bonds. The van der Waals surface area contributed by atoms with E-state index in [0.29, 0.717) is 24.4 Å². The highest BCUT2D eigenvalue weighted by atomic mass is 32.2. The molecule has 1 aliphatic heterocycles. The van der Waals surface area contributed by atoms with Gasteiger partial charge in [-0.2, -0.15) is 0 Å². The predicted octanol–water partition coefficient (Wildman–Crippen LogP) is 3.93. The van der Waals surface area contributed by atoms with Gasteiger partial charge in [0, 0.05) is 34.6 Å². The van der Waals surface area contributed by atoms with E-state index in [1.54, 1.807) is 17.8 Å². The maximum atomic E-state index is 13.4. The van der Waals surface area contributed by atoms with Crippen LogP contribution in [0.15, 0.2) is 47.5 Å². The Morgan fingerprint density at radius 2 is 2.08 bits per heavy atom. The molecule has 3 rings (SSSR count). The standard InChI is InChI=1S/C20H23NO3S/c1-14(2)13-25-16-7-4-6-15(12-16)18(22)20(19(23)24-3)9-11-21-10-5-8-17(20)21/h4-8,10,12,14H,9,11,13H2,1-3H3. The first-order valence-electron chi connectivity index (χ1n) is 8.50. The molecular weight excluding hydrogens is 334 g/mol. The summed E-state index contributed by atoms with van der Waals surface area (Å²) in [5.74, 6) is 0.908. The fourth-order valence-electron chi connectivity index (χ4n) is 3.35. The zero-order chi connectivity index (χ0) is 18.0. The van der Waals surface area contributed by atoms with Crippen molar-refractivity contribution >= 4 is 23.5 Å². The normalized spacial score (nSPS) is 19.0. The van der Waals surface area contributed by atoms with E-state index in [1.165, 1.54) is 7.11 Å². The Kier molecular flexibility index (Phi) is 5.04. The molecule has 5 heteroatoms. The van der Waals surface area contributed by atoms with Gasteiger partial charge in [-0.3, -0.25) is 9.59 Å². The van der Waals surface area contributed by atoms with Crippen molar-refractivity contribution in [2.24, 2.45) is 5.92 Å². The molecule has 0 saturated carbocycles. The second kappa shape index (κ2) is 7.08. The van der Waals surface area contributed by atoms with Gasteiger partial charge in [-0.1, -0.05) is 26.0 Å². The number of rotatable bonds is 6. The average molecular weight is 357 g/mol. The highest BCUT2D eigenvalue weighted by Crippen LogP contribution is 2.40. The monoisotopic (exact) mass is 357 g/mol. The SMILES string of the molecule is COC(=O)C1(C(=O)c2cccc(SCC(C)C)c2)CCn2cccc21. The molecule has 0 radical (unpaired) electrons. The van der Waals surface area contributed by atoms with Crippen molar-refractivity contribution in [2.45, 2.75) is 37.1 Å². The molecule has 0 bridgehead atoms. The summed E-state index contributed by atoms with van der Waals surface area (Å²) < 4.78 is 7.00. The van der Waals surface area contributed by atoms with E-state index in [-0.39, 0.29) is 5.78 Å². The third-order valence-corrected chi connectivity index (χ3v) is 6.02. The summed E-state index contributed by atoms with van der Waals surface area (Å²) in [5.41, 5.74) is 0.0537. The Morgan fingerprint density at radius 3 is 2.80 bits per heavy atom. The fraction of sp³-hybridized carbons (Fsp3) is 0.400. The number of fused-ring (bicyclic) bond motifs is 1. The number of methoxy groups -OCH3 is 1. The molecule has 0 saturated heterocycles. The van der Waals surface area contributed by atoms with Crippen molar-refractivity contribution in [3.05, 3.63) is 53.9 Å². The molecule has 1 aliphatic rings. The topological polar surface area (TPSA) is 48.3 Å². The number of carbonyl (C=O) groups excluding carboxylic acids is 2. The summed E-state index contributed by atoms with van der Waals surface area (Å²) in [6.07, 6.45) is 2.35. The minimum absolute atomic E-state index is 0.177. The summed E-state index contributed by atoms with van der Waals surface area (Å²) in [4.78, 5) is 27.1. The molecular formula is C20H23NO3S. The lowest BCUT2D eigenvalue weighted by Crippen LogP contribution is -2.43. The Hall–Kier alpha value is -2.01. The van der Waals surface area contributed by atoms with Gasteiger partial charge in [0.2, 0.25) is 0 Å². The lowest BCUT2D eigenvalue weighted by molar-refractivity contribution is -0.145. The van der Waals surface area contributed by atoms with Gasteiger partial charge in [-0.25, -0.2) is 0 Å². The van der Waals surface area contributed by atoms with Crippen LogP contribution in [0.2, 0.25) is 0 Å². The van der Waals surface area contributed by atoms with Crippen molar-refractivity contribution in [2.75, 3.05) is 12.9 Å². The van der Waals surface area contributed by atoms with Gasteiger partial charge in [0.1, 0.15) is 0 Å². The highest BCUT2D eigenvalue weighted by molar-refractivity contribution is 7.99. The Balaban J connectivity index is 1.98. The summed E-state index contributed by atoms with van der Waals surface area (Å²) >= 11 is 1.73. The van der Waals surface area contributed by atoms with E-state index in [1.807, 2.05) is 41.1 Å². The number of ketones is 1. The van der Waals surface area contributed by atoms with Crippen LogP contribution in [-0.4, -0.2) is 29.2 Å². The number of carbonyl (C=O) groups is 2. The van der Waals surface area contributed by atoms with Crippen LogP contribution in [0.1, 0.15) is 36.3 Å². The van der Waals surface area contributed by atoms with E-state index < -0.39 is 11.4 Å². The average Bonchev–Trinajstić information content (AvgIpc) is 3.22. The lowest BCUT2D eigenvalue weighted by atomic mass is 9.76. The molecule has 25 heavy (non-hydrogen) atoms. The molecule has 132 valence electrons.